The van der Waals surface area contributed by atoms with Gasteiger partial charge in [0.2, 0.25) is 0 Å². The first kappa shape index (κ1) is 17.9. The number of benzene rings is 2. The van der Waals surface area contributed by atoms with Crippen molar-refractivity contribution in [3.05, 3.63) is 72.0 Å². The predicted octanol–water partition coefficient (Wildman–Crippen LogP) is 5.37. The van der Waals surface area contributed by atoms with Crippen LogP contribution in [0.1, 0.15) is 29.0 Å². The Balaban J connectivity index is 1.38. The molecule has 0 spiro atoms. The van der Waals surface area contributed by atoms with Gasteiger partial charge in [-0.05, 0) is 54.8 Å². The molecule has 5 nitrogen and oxygen atoms in total. The van der Waals surface area contributed by atoms with Gasteiger partial charge in [0.25, 0.3) is 5.91 Å². The lowest BCUT2D eigenvalue weighted by molar-refractivity contribution is 0.0698. The number of carbonyl (C=O) groups excluding carboxylic acids is 1. The average molecular weight is 404 g/mol. The van der Waals surface area contributed by atoms with Crippen molar-refractivity contribution in [3.8, 4) is 16.5 Å². The smallest absolute Gasteiger partial charge is 0.290 e. The van der Waals surface area contributed by atoms with Gasteiger partial charge in [-0.25, -0.2) is 4.98 Å². The molecular formula is C23H20N2O3S. The molecule has 0 atom stereocenters. The van der Waals surface area contributed by atoms with Crippen molar-refractivity contribution in [3.63, 3.8) is 0 Å². The Labute approximate surface area is 172 Å². The topological polar surface area (TPSA) is 55.6 Å². The van der Waals surface area contributed by atoms with E-state index in [9.17, 15) is 4.79 Å². The second-order valence-electron chi connectivity index (χ2n) is 7.16. The van der Waals surface area contributed by atoms with Crippen LogP contribution < -0.4 is 4.74 Å². The standard InChI is InChI=1S/C23H20N2O3S/c1-27-17-10-6-15(7-11-17)14-25(16-8-9-16)23(26)20-13-12-19(28-20)22-24-18-4-2-3-5-21(18)29-22/h2-7,10-13,16H,8-9,14H2,1H3. The summed E-state index contributed by atoms with van der Waals surface area (Å²) in [6, 6.07) is 19.7. The molecule has 0 aliphatic heterocycles. The number of furan rings is 1. The fourth-order valence-electron chi connectivity index (χ4n) is 3.37. The van der Waals surface area contributed by atoms with E-state index in [2.05, 4.69) is 4.98 Å². The number of fused-ring (bicyclic) bond motifs is 1. The summed E-state index contributed by atoms with van der Waals surface area (Å²) in [5, 5.41) is 0.790. The van der Waals surface area contributed by atoms with E-state index in [0.29, 0.717) is 18.1 Å². The van der Waals surface area contributed by atoms with Gasteiger partial charge in [0.1, 0.15) is 5.75 Å². The second-order valence-corrected chi connectivity index (χ2v) is 8.19. The molecule has 0 saturated heterocycles. The van der Waals surface area contributed by atoms with Crippen LogP contribution in [0.15, 0.2) is 65.1 Å². The molecule has 5 rings (SSSR count). The van der Waals surface area contributed by atoms with E-state index >= 15 is 0 Å². The Kier molecular flexibility index (Phi) is 4.56. The number of carbonyl (C=O) groups is 1. The molecular weight excluding hydrogens is 384 g/mol. The molecule has 6 heteroatoms. The molecule has 0 unspecified atom stereocenters. The van der Waals surface area contributed by atoms with Gasteiger partial charge < -0.3 is 14.1 Å². The van der Waals surface area contributed by atoms with Gasteiger partial charge in [0.05, 0.1) is 17.3 Å². The zero-order valence-corrected chi connectivity index (χ0v) is 16.8. The highest BCUT2D eigenvalue weighted by Gasteiger charge is 2.34. The van der Waals surface area contributed by atoms with Gasteiger partial charge in [0.15, 0.2) is 16.5 Å². The van der Waals surface area contributed by atoms with E-state index in [1.54, 1.807) is 24.5 Å². The van der Waals surface area contributed by atoms with Gasteiger partial charge in [0, 0.05) is 12.6 Å². The highest BCUT2D eigenvalue weighted by molar-refractivity contribution is 7.21. The number of rotatable bonds is 6. The molecule has 0 radical (unpaired) electrons. The van der Waals surface area contributed by atoms with Crippen LogP contribution in [0.5, 0.6) is 5.75 Å². The summed E-state index contributed by atoms with van der Waals surface area (Å²) in [5.41, 5.74) is 2.01. The first-order chi connectivity index (χ1) is 14.2. The Morgan fingerprint density at radius 1 is 1.14 bits per heavy atom. The molecule has 0 bridgehead atoms. The number of para-hydroxylation sites is 1. The minimum Gasteiger partial charge on any atom is -0.497 e. The van der Waals surface area contributed by atoms with Crippen LogP contribution in [-0.4, -0.2) is 28.9 Å². The Bertz CT molecular complexity index is 1130. The lowest BCUT2D eigenvalue weighted by Gasteiger charge is -2.21. The van der Waals surface area contributed by atoms with Crippen molar-refractivity contribution in [1.29, 1.82) is 0 Å². The summed E-state index contributed by atoms with van der Waals surface area (Å²) in [5.74, 6) is 1.73. The highest BCUT2D eigenvalue weighted by atomic mass is 32.1. The van der Waals surface area contributed by atoms with Crippen LogP contribution in [0.2, 0.25) is 0 Å². The molecule has 0 N–H and O–H groups in total. The Hall–Kier alpha value is -3.12. The molecule has 1 saturated carbocycles. The van der Waals surface area contributed by atoms with Crippen molar-refractivity contribution in [2.75, 3.05) is 7.11 Å². The molecule has 2 aromatic heterocycles. The van der Waals surface area contributed by atoms with E-state index in [0.717, 1.165) is 39.4 Å². The summed E-state index contributed by atoms with van der Waals surface area (Å²) < 4.78 is 12.3. The zero-order chi connectivity index (χ0) is 19.8. The first-order valence-corrected chi connectivity index (χ1v) is 10.4. The summed E-state index contributed by atoms with van der Waals surface area (Å²) >= 11 is 1.57. The van der Waals surface area contributed by atoms with Crippen LogP contribution in [-0.2, 0) is 6.54 Å². The van der Waals surface area contributed by atoms with Crippen LogP contribution in [0.4, 0.5) is 0 Å². The van der Waals surface area contributed by atoms with Crippen molar-refractivity contribution < 1.29 is 13.9 Å². The summed E-state index contributed by atoms with van der Waals surface area (Å²) in [4.78, 5) is 19.7. The third-order valence-electron chi connectivity index (χ3n) is 5.08. The van der Waals surface area contributed by atoms with Gasteiger partial charge in [-0.1, -0.05) is 24.3 Å². The monoisotopic (exact) mass is 404 g/mol. The third kappa shape index (κ3) is 3.63. The number of methoxy groups -OCH3 is 1. The SMILES string of the molecule is COc1ccc(CN(C(=O)c2ccc(-c3nc4ccccc4s3)o2)C2CC2)cc1. The predicted molar refractivity (Wildman–Crippen MR) is 113 cm³/mol. The summed E-state index contributed by atoms with van der Waals surface area (Å²) in [7, 11) is 1.65. The van der Waals surface area contributed by atoms with E-state index in [1.165, 1.54) is 0 Å². The molecule has 1 amide bonds. The number of nitrogens with zero attached hydrogens (tertiary/aromatic N) is 2. The van der Waals surface area contributed by atoms with Gasteiger partial charge in [-0.15, -0.1) is 11.3 Å². The maximum atomic E-state index is 13.2. The molecule has 4 aromatic rings. The first-order valence-electron chi connectivity index (χ1n) is 9.61. The van der Waals surface area contributed by atoms with Crippen LogP contribution in [0, 0.1) is 0 Å². The van der Waals surface area contributed by atoms with Crippen molar-refractivity contribution >= 4 is 27.5 Å². The van der Waals surface area contributed by atoms with Crippen LogP contribution >= 0.6 is 11.3 Å². The quantitative estimate of drug-likeness (QED) is 0.434. The Morgan fingerprint density at radius 3 is 2.66 bits per heavy atom. The molecule has 2 aromatic carbocycles. The molecule has 1 aliphatic carbocycles. The lowest BCUT2D eigenvalue weighted by atomic mass is 10.2. The zero-order valence-electron chi connectivity index (χ0n) is 16.0. The number of hydrogen-bond acceptors (Lipinski definition) is 5. The van der Waals surface area contributed by atoms with E-state index in [4.69, 9.17) is 9.15 Å². The normalized spacial score (nSPS) is 13.6. The maximum absolute atomic E-state index is 13.2. The number of ether oxygens (including phenoxy) is 1. The Morgan fingerprint density at radius 2 is 1.93 bits per heavy atom. The van der Waals surface area contributed by atoms with Gasteiger partial charge >= 0.3 is 0 Å². The van der Waals surface area contributed by atoms with E-state index in [-0.39, 0.29) is 11.9 Å². The van der Waals surface area contributed by atoms with Crippen molar-refractivity contribution in [2.24, 2.45) is 0 Å². The third-order valence-corrected chi connectivity index (χ3v) is 6.13. The summed E-state index contributed by atoms with van der Waals surface area (Å²) in [6.07, 6.45) is 2.07. The van der Waals surface area contributed by atoms with E-state index < -0.39 is 0 Å². The fraction of sp³-hybridized carbons (Fsp3) is 0.217. The fourth-order valence-corrected chi connectivity index (χ4v) is 4.29. The second kappa shape index (κ2) is 7.37. The summed E-state index contributed by atoms with van der Waals surface area (Å²) in [6.45, 7) is 0.560. The van der Waals surface area contributed by atoms with Gasteiger partial charge in [-0.2, -0.15) is 0 Å². The number of hydrogen-bond donors (Lipinski definition) is 0. The number of amides is 1. The largest absolute Gasteiger partial charge is 0.497 e. The molecule has 2 heterocycles. The molecule has 29 heavy (non-hydrogen) atoms. The lowest BCUT2D eigenvalue weighted by Crippen LogP contribution is -2.32. The maximum Gasteiger partial charge on any atom is 0.290 e. The minimum atomic E-state index is -0.0734. The molecule has 146 valence electrons. The molecule has 1 aliphatic rings. The minimum absolute atomic E-state index is 0.0734. The number of aromatic nitrogens is 1. The van der Waals surface area contributed by atoms with Gasteiger partial charge in [-0.3, -0.25) is 4.79 Å². The van der Waals surface area contributed by atoms with Crippen molar-refractivity contribution in [2.45, 2.75) is 25.4 Å². The van der Waals surface area contributed by atoms with Crippen molar-refractivity contribution in [1.82, 2.24) is 9.88 Å². The number of thiazole rings is 1. The van der Waals surface area contributed by atoms with E-state index in [1.807, 2.05) is 59.5 Å². The highest BCUT2D eigenvalue weighted by Crippen LogP contribution is 2.33. The van der Waals surface area contributed by atoms with Crippen LogP contribution in [0.25, 0.3) is 21.0 Å². The average Bonchev–Trinajstić information content (AvgIpc) is 3.31. The van der Waals surface area contributed by atoms with Crippen LogP contribution in [0.3, 0.4) is 0 Å². The molecule has 1 fully saturated rings.